The molecule has 0 N–H and O–H groups in total. The molecule has 5 heteroatoms. The molecule has 3 rings (SSSR count). The number of ether oxygens (including phenoxy) is 2. The summed E-state index contributed by atoms with van der Waals surface area (Å²) >= 11 is 0. The largest absolute Gasteiger partial charge is 0.499 e. The third kappa shape index (κ3) is 5.47. The van der Waals surface area contributed by atoms with Gasteiger partial charge < -0.3 is 14.4 Å². The van der Waals surface area contributed by atoms with Gasteiger partial charge in [0.15, 0.2) is 0 Å². The molecular formula is C24H29N3O2. The first kappa shape index (κ1) is 20.6. The summed E-state index contributed by atoms with van der Waals surface area (Å²) in [6.07, 6.45) is 2.84. The van der Waals surface area contributed by atoms with Gasteiger partial charge in [-0.05, 0) is 51.0 Å². The number of anilines is 2. The van der Waals surface area contributed by atoms with Gasteiger partial charge in [-0.3, -0.25) is 0 Å². The minimum absolute atomic E-state index is 0.669. The lowest BCUT2D eigenvalue weighted by Gasteiger charge is -2.21. The van der Waals surface area contributed by atoms with Crippen molar-refractivity contribution in [3.05, 3.63) is 66.7 Å². The number of hydrogen-bond acceptors (Lipinski definition) is 5. The van der Waals surface area contributed by atoms with Crippen LogP contribution in [0.15, 0.2) is 60.9 Å². The Kier molecular flexibility index (Phi) is 7.06. The monoisotopic (exact) mass is 391 g/mol. The number of aryl methyl sites for hydroxylation is 1. The van der Waals surface area contributed by atoms with Gasteiger partial charge in [-0.1, -0.05) is 24.8 Å². The highest BCUT2D eigenvalue weighted by atomic mass is 16.5. The van der Waals surface area contributed by atoms with E-state index in [0.717, 1.165) is 59.0 Å². The lowest BCUT2D eigenvalue weighted by atomic mass is 10.2. The summed E-state index contributed by atoms with van der Waals surface area (Å²) in [6, 6.07) is 16.2. The standard InChI is InChI=1S/C24H29N3O2/c1-5-28-18(2)11-8-9-16-29-21-13-10-12-20(17-21)27(4)24-22-14-6-7-15-23(22)25-19(3)26-24/h6-7,10,12-15,17H,2,5,8-9,11,16H2,1,3-4H3. The molecule has 2 aromatic carbocycles. The van der Waals surface area contributed by atoms with Crippen molar-refractivity contribution in [2.45, 2.75) is 33.1 Å². The van der Waals surface area contributed by atoms with Crippen molar-refractivity contribution in [1.29, 1.82) is 0 Å². The molecule has 0 fully saturated rings. The first-order chi connectivity index (χ1) is 14.1. The third-order valence-electron chi connectivity index (χ3n) is 4.68. The van der Waals surface area contributed by atoms with E-state index in [-0.39, 0.29) is 0 Å². The quantitative estimate of drug-likeness (QED) is 0.323. The molecule has 152 valence electrons. The van der Waals surface area contributed by atoms with Gasteiger partial charge in [-0.15, -0.1) is 0 Å². The van der Waals surface area contributed by atoms with Crippen molar-refractivity contribution in [3.8, 4) is 5.75 Å². The van der Waals surface area contributed by atoms with E-state index in [0.29, 0.717) is 13.2 Å². The Morgan fingerprint density at radius 3 is 2.72 bits per heavy atom. The molecule has 0 aliphatic heterocycles. The number of allylic oxidation sites excluding steroid dienone is 1. The lowest BCUT2D eigenvalue weighted by molar-refractivity contribution is 0.215. The van der Waals surface area contributed by atoms with Crippen LogP contribution in [-0.4, -0.2) is 30.2 Å². The van der Waals surface area contributed by atoms with Crippen LogP contribution in [0, 0.1) is 6.92 Å². The summed E-state index contributed by atoms with van der Waals surface area (Å²) < 4.78 is 11.3. The van der Waals surface area contributed by atoms with E-state index in [2.05, 4.69) is 33.6 Å². The molecule has 3 aromatic rings. The molecular weight excluding hydrogens is 362 g/mol. The van der Waals surface area contributed by atoms with Gasteiger partial charge in [0, 0.05) is 30.6 Å². The average Bonchev–Trinajstić information content (AvgIpc) is 2.72. The van der Waals surface area contributed by atoms with Crippen LogP contribution in [0.3, 0.4) is 0 Å². The Labute approximate surface area is 173 Å². The van der Waals surface area contributed by atoms with Crippen LogP contribution < -0.4 is 9.64 Å². The van der Waals surface area contributed by atoms with Crippen molar-refractivity contribution in [2.24, 2.45) is 0 Å². The van der Waals surface area contributed by atoms with Crippen LogP contribution in [0.2, 0.25) is 0 Å². The SMILES string of the molecule is C=C(CCCCOc1cccc(N(C)c2nc(C)nc3ccccc23)c1)OCC. The number of unbranched alkanes of at least 4 members (excludes halogenated alkanes) is 1. The van der Waals surface area contributed by atoms with E-state index in [9.17, 15) is 0 Å². The fraction of sp³-hybridized carbons (Fsp3) is 0.333. The maximum Gasteiger partial charge on any atom is 0.144 e. The molecule has 0 amide bonds. The fourth-order valence-electron chi connectivity index (χ4n) is 3.22. The summed E-state index contributed by atoms with van der Waals surface area (Å²) in [5, 5.41) is 1.03. The van der Waals surface area contributed by atoms with Crippen LogP contribution in [0.4, 0.5) is 11.5 Å². The highest BCUT2D eigenvalue weighted by Crippen LogP contribution is 2.30. The zero-order chi connectivity index (χ0) is 20.6. The molecule has 5 nitrogen and oxygen atoms in total. The molecule has 0 radical (unpaired) electrons. The number of para-hydroxylation sites is 1. The first-order valence-electron chi connectivity index (χ1n) is 10.1. The molecule has 1 heterocycles. The van der Waals surface area contributed by atoms with Gasteiger partial charge in [0.2, 0.25) is 0 Å². The lowest BCUT2D eigenvalue weighted by Crippen LogP contribution is -2.13. The maximum atomic E-state index is 5.96. The molecule has 0 saturated heterocycles. The second kappa shape index (κ2) is 9.92. The van der Waals surface area contributed by atoms with Crippen LogP contribution in [0.5, 0.6) is 5.75 Å². The topological polar surface area (TPSA) is 47.5 Å². The second-order valence-corrected chi connectivity index (χ2v) is 6.95. The molecule has 0 spiro atoms. The number of benzene rings is 2. The van der Waals surface area contributed by atoms with E-state index in [1.54, 1.807) is 0 Å². The fourth-order valence-corrected chi connectivity index (χ4v) is 3.22. The van der Waals surface area contributed by atoms with Gasteiger partial charge in [-0.2, -0.15) is 0 Å². The molecule has 0 aliphatic rings. The predicted octanol–water partition coefficient (Wildman–Crippen LogP) is 5.81. The van der Waals surface area contributed by atoms with Gasteiger partial charge in [0.1, 0.15) is 17.4 Å². The molecule has 0 bridgehead atoms. The number of fused-ring (bicyclic) bond motifs is 1. The van der Waals surface area contributed by atoms with Gasteiger partial charge in [0.25, 0.3) is 0 Å². The van der Waals surface area contributed by atoms with Gasteiger partial charge >= 0.3 is 0 Å². The Bertz CT molecular complexity index is 971. The van der Waals surface area contributed by atoms with Crippen LogP contribution in [-0.2, 0) is 4.74 Å². The summed E-state index contributed by atoms with van der Waals surface area (Å²) in [7, 11) is 2.02. The van der Waals surface area contributed by atoms with Crippen molar-refractivity contribution < 1.29 is 9.47 Å². The second-order valence-electron chi connectivity index (χ2n) is 6.95. The van der Waals surface area contributed by atoms with Crippen molar-refractivity contribution >= 4 is 22.4 Å². The van der Waals surface area contributed by atoms with Crippen LogP contribution in [0.1, 0.15) is 32.0 Å². The number of aromatic nitrogens is 2. The summed E-state index contributed by atoms with van der Waals surface area (Å²) in [5.41, 5.74) is 1.97. The van der Waals surface area contributed by atoms with E-state index in [1.165, 1.54) is 0 Å². The first-order valence-corrected chi connectivity index (χ1v) is 10.1. The smallest absolute Gasteiger partial charge is 0.144 e. The van der Waals surface area contributed by atoms with E-state index >= 15 is 0 Å². The maximum absolute atomic E-state index is 5.96. The minimum Gasteiger partial charge on any atom is -0.499 e. The van der Waals surface area contributed by atoms with Crippen molar-refractivity contribution in [3.63, 3.8) is 0 Å². The number of rotatable bonds is 10. The normalized spacial score (nSPS) is 10.7. The summed E-state index contributed by atoms with van der Waals surface area (Å²) in [4.78, 5) is 11.3. The van der Waals surface area contributed by atoms with E-state index in [1.807, 2.05) is 57.3 Å². The minimum atomic E-state index is 0.669. The summed E-state index contributed by atoms with van der Waals surface area (Å²) in [5.74, 6) is 3.35. The average molecular weight is 392 g/mol. The molecule has 0 aliphatic carbocycles. The number of hydrogen-bond donors (Lipinski definition) is 0. The zero-order valence-corrected chi connectivity index (χ0v) is 17.5. The Morgan fingerprint density at radius 1 is 1.07 bits per heavy atom. The number of nitrogens with zero attached hydrogens (tertiary/aromatic N) is 3. The molecule has 0 atom stereocenters. The highest BCUT2D eigenvalue weighted by molar-refractivity contribution is 5.91. The van der Waals surface area contributed by atoms with Crippen LogP contribution >= 0.6 is 0 Å². The molecule has 0 saturated carbocycles. The Hall–Kier alpha value is -3.08. The predicted molar refractivity (Wildman–Crippen MR) is 119 cm³/mol. The highest BCUT2D eigenvalue weighted by Gasteiger charge is 2.12. The van der Waals surface area contributed by atoms with Crippen molar-refractivity contribution in [1.82, 2.24) is 9.97 Å². The molecule has 0 unspecified atom stereocenters. The van der Waals surface area contributed by atoms with E-state index < -0.39 is 0 Å². The van der Waals surface area contributed by atoms with Crippen molar-refractivity contribution in [2.75, 3.05) is 25.2 Å². The van der Waals surface area contributed by atoms with E-state index in [4.69, 9.17) is 9.47 Å². The zero-order valence-electron chi connectivity index (χ0n) is 17.5. The summed E-state index contributed by atoms with van der Waals surface area (Å²) in [6.45, 7) is 9.15. The van der Waals surface area contributed by atoms with Crippen LogP contribution in [0.25, 0.3) is 10.9 Å². The van der Waals surface area contributed by atoms with Gasteiger partial charge in [-0.25, -0.2) is 9.97 Å². The van der Waals surface area contributed by atoms with Gasteiger partial charge in [0.05, 0.1) is 24.5 Å². The Balaban J connectivity index is 1.66. The molecule has 29 heavy (non-hydrogen) atoms. The Morgan fingerprint density at radius 2 is 1.90 bits per heavy atom. The molecule has 1 aromatic heterocycles. The third-order valence-corrected chi connectivity index (χ3v) is 4.68.